The number of rotatable bonds is 7. The van der Waals surface area contributed by atoms with Gasteiger partial charge in [-0.3, -0.25) is 4.79 Å². The van der Waals surface area contributed by atoms with Crippen LogP contribution in [0, 0.1) is 6.92 Å². The minimum Gasteiger partial charge on any atom is -0.480 e. The number of aryl methyl sites for hydroxylation is 1. The molecule has 1 heterocycles. The normalized spacial score (nSPS) is 16.2. The van der Waals surface area contributed by atoms with Crippen LogP contribution in [0.4, 0.5) is 5.69 Å². The predicted molar refractivity (Wildman–Crippen MR) is 111 cm³/mol. The summed E-state index contributed by atoms with van der Waals surface area (Å²) in [5, 5.41) is 2.80. The smallest absolute Gasteiger partial charge is 0.265 e. The Morgan fingerprint density at radius 3 is 2.41 bits per heavy atom. The molecule has 2 aromatic carbocycles. The number of benzene rings is 2. The highest BCUT2D eigenvalue weighted by atomic mass is 32.2. The number of amides is 1. The highest BCUT2D eigenvalue weighted by Gasteiger charge is 2.26. The van der Waals surface area contributed by atoms with Crippen LogP contribution >= 0.6 is 0 Å². The van der Waals surface area contributed by atoms with Crippen molar-refractivity contribution in [2.24, 2.45) is 0 Å². The van der Waals surface area contributed by atoms with Crippen LogP contribution in [0.2, 0.25) is 0 Å². The van der Waals surface area contributed by atoms with Gasteiger partial charge in [-0.15, -0.1) is 0 Å². The summed E-state index contributed by atoms with van der Waals surface area (Å²) in [5.74, 6) is 0.390. The van der Waals surface area contributed by atoms with Crippen LogP contribution in [0.25, 0.3) is 0 Å². The van der Waals surface area contributed by atoms with Crippen LogP contribution in [0.1, 0.15) is 18.9 Å². The number of morpholine rings is 1. The van der Waals surface area contributed by atoms with Crippen molar-refractivity contribution in [3.8, 4) is 5.75 Å². The first kappa shape index (κ1) is 21.3. The Morgan fingerprint density at radius 2 is 1.79 bits per heavy atom. The molecule has 1 fully saturated rings. The van der Waals surface area contributed by atoms with Gasteiger partial charge in [0.2, 0.25) is 10.0 Å². The molecule has 0 aliphatic carbocycles. The van der Waals surface area contributed by atoms with Crippen LogP contribution in [0.3, 0.4) is 0 Å². The number of hydrogen-bond donors (Lipinski definition) is 1. The van der Waals surface area contributed by atoms with Crippen molar-refractivity contribution >= 4 is 21.6 Å². The molecule has 29 heavy (non-hydrogen) atoms. The molecule has 0 spiro atoms. The maximum absolute atomic E-state index is 12.7. The second-order valence-corrected chi connectivity index (χ2v) is 8.75. The van der Waals surface area contributed by atoms with E-state index in [0.717, 1.165) is 5.56 Å². The summed E-state index contributed by atoms with van der Waals surface area (Å²) >= 11 is 0. The molecule has 2 aromatic rings. The lowest BCUT2D eigenvalue weighted by Crippen LogP contribution is -2.40. The third kappa shape index (κ3) is 5.14. The largest absolute Gasteiger partial charge is 0.480 e. The molecule has 1 N–H and O–H groups in total. The molecule has 0 unspecified atom stereocenters. The van der Waals surface area contributed by atoms with Crippen LogP contribution < -0.4 is 10.1 Å². The van der Waals surface area contributed by atoms with Gasteiger partial charge in [0.1, 0.15) is 5.75 Å². The minimum atomic E-state index is -3.56. The number of sulfonamides is 1. The quantitative estimate of drug-likeness (QED) is 0.747. The molecule has 156 valence electrons. The van der Waals surface area contributed by atoms with E-state index in [9.17, 15) is 13.2 Å². The number of carbonyl (C=O) groups is 1. The average molecular weight is 419 g/mol. The first-order chi connectivity index (χ1) is 13.9. The fourth-order valence-corrected chi connectivity index (χ4v) is 4.44. The van der Waals surface area contributed by atoms with Gasteiger partial charge in [-0.1, -0.05) is 25.1 Å². The zero-order valence-electron chi connectivity index (χ0n) is 16.6. The van der Waals surface area contributed by atoms with Crippen LogP contribution in [0.15, 0.2) is 53.4 Å². The standard InChI is InChI=1S/C21H26N2O5S/c1-3-19(28-20-7-5-4-6-16(20)2)21(24)22-17-8-10-18(11-9-17)29(25,26)23-12-14-27-15-13-23/h4-11,19H,3,12-15H2,1-2H3,(H,22,24)/t19-/m1/s1. The third-order valence-corrected chi connectivity index (χ3v) is 6.67. The minimum absolute atomic E-state index is 0.195. The lowest BCUT2D eigenvalue weighted by atomic mass is 10.2. The number of carbonyl (C=O) groups excluding carboxylic acids is 1. The molecule has 0 saturated carbocycles. The van der Waals surface area contributed by atoms with Gasteiger partial charge < -0.3 is 14.8 Å². The first-order valence-corrected chi connectivity index (χ1v) is 11.1. The number of hydrogen-bond acceptors (Lipinski definition) is 5. The van der Waals surface area contributed by atoms with E-state index in [1.807, 2.05) is 38.1 Å². The van der Waals surface area contributed by atoms with Gasteiger partial charge in [0.25, 0.3) is 5.91 Å². The van der Waals surface area contributed by atoms with Crippen molar-refractivity contribution in [1.29, 1.82) is 0 Å². The molecule has 8 heteroatoms. The number of ether oxygens (including phenoxy) is 2. The van der Waals surface area contributed by atoms with E-state index in [1.165, 1.54) is 16.4 Å². The Hall–Kier alpha value is -2.42. The van der Waals surface area contributed by atoms with Crippen molar-refractivity contribution in [2.75, 3.05) is 31.6 Å². The molecule has 1 amide bonds. The Bertz CT molecular complexity index is 938. The molecule has 0 aromatic heterocycles. The van der Waals surface area contributed by atoms with Gasteiger partial charge >= 0.3 is 0 Å². The summed E-state index contributed by atoms with van der Waals surface area (Å²) in [7, 11) is -3.56. The molecular formula is C21H26N2O5S. The summed E-state index contributed by atoms with van der Waals surface area (Å²) in [5.41, 5.74) is 1.47. The summed E-state index contributed by atoms with van der Waals surface area (Å²) in [6.45, 7) is 5.28. The molecular weight excluding hydrogens is 392 g/mol. The number of para-hydroxylation sites is 1. The third-order valence-electron chi connectivity index (χ3n) is 4.76. The zero-order valence-corrected chi connectivity index (χ0v) is 17.4. The van der Waals surface area contributed by atoms with E-state index in [1.54, 1.807) is 12.1 Å². The van der Waals surface area contributed by atoms with E-state index in [4.69, 9.17) is 9.47 Å². The van der Waals surface area contributed by atoms with E-state index in [-0.39, 0.29) is 10.8 Å². The highest BCUT2D eigenvalue weighted by Crippen LogP contribution is 2.21. The topological polar surface area (TPSA) is 84.9 Å². The van der Waals surface area contributed by atoms with Crippen LogP contribution in [-0.2, 0) is 19.6 Å². The predicted octanol–water partition coefficient (Wildman–Crippen LogP) is 2.81. The van der Waals surface area contributed by atoms with E-state index < -0.39 is 16.1 Å². The lowest BCUT2D eigenvalue weighted by molar-refractivity contribution is -0.122. The molecule has 3 rings (SSSR count). The van der Waals surface area contributed by atoms with Crippen molar-refractivity contribution in [3.63, 3.8) is 0 Å². The van der Waals surface area contributed by atoms with E-state index in [2.05, 4.69) is 5.32 Å². The molecule has 0 radical (unpaired) electrons. The molecule has 1 aliphatic heterocycles. The van der Waals surface area contributed by atoms with Crippen molar-refractivity contribution in [2.45, 2.75) is 31.3 Å². The molecule has 1 saturated heterocycles. The monoisotopic (exact) mass is 418 g/mol. The summed E-state index contributed by atoms with van der Waals surface area (Å²) in [6.07, 6.45) is -0.142. The van der Waals surface area contributed by atoms with Gasteiger partial charge in [0, 0.05) is 18.8 Å². The average Bonchev–Trinajstić information content (AvgIpc) is 2.74. The van der Waals surface area contributed by atoms with Crippen LogP contribution in [0.5, 0.6) is 5.75 Å². The number of nitrogens with one attached hydrogen (secondary N) is 1. The summed E-state index contributed by atoms with van der Waals surface area (Å²) in [6, 6.07) is 13.7. The van der Waals surface area contributed by atoms with Gasteiger partial charge in [-0.05, 0) is 49.2 Å². The van der Waals surface area contributed by atoms with E-state index in [0.29, 0.717) is 44.2 Å². The van der Waals surface area contributed by atoms with Gasteiger partial charge in [-0.25, -0.2) is 8.42 Å². The maximum Gasteiger partial charge on any atom is 0.265 e. The highest BCUT2D eigenvalue weighted by molar-refractivity contribution is 7.89. The van der Waals surface area contributed by atoms with Crippen molar-refractivity contribution in [3.05, 3.63) is 54.1 Å². The second-order valence-electron chi connectivity index (χ2n) is 6.81. The fraction of sp³-hybridized carbons (Fsp3) is 0.381. The lowest BCUT2D eigenvalue weighted by Gasteiger charge is -2.26. The van der Waals surface area contributed by atoms with Gasteiger partial charge in [0.15, 0.2) is 6.10 Å². The molecule has 7 nitrogen and oxygen atoms in total. The first-order valence-electron chi connectivity index (χ1n) is 9.63. The Kier molecular flexibility index (Phi) is 6.89. The zero-order chi connectivity index (χ0) is 20.9. The summed E-state index contributed by atoms with van der Waals surface area (Å²) < 4.78 is 37.8. The molecule has 1 aliphatic rings. The second kappa shape index (κ2) is 9.39. The Balaban J connectivity index is 1.66. The SMILES string of the molecule is CC[C@@H](Oc1ccccc1C)C(=O)Nc1ccc(S(=O)(=O)N2CCOCC2)cc1. The Labute approximate surface area is 171 Å². The Morgan fingerprint density at radius 1 is 1.14 bits per heavy atom. The molecule has 0 bridgehead atoms. The van der Waals surface area contributed by atoms with Crippen molar-refractivity contribution < 1.29 is 22.7 Å². The molecule has 1 atom stereocenters. The number of anilines is 1. The summed E-state index contributed by atoms with van der Waals surface area (Å²) in [4.78, 5) is 12.8. The van der Waals surface area contributed by atoms with Gasteiger partial charge in [-0.2, -0.15) is 4.31 Å². The number of nitrogens with zero attached hydrogens (tertiary/aromatic N) is 1. The maximum atomic E-state index is 12.7. The van der Waals surface area contributed by atoms with Crippen LogP contribution in [-0.4, -0.2) is 51.0 Å². The van der Waals surface area contributed by atoms with E-state index >= 15 is 0 Å². The van der Waals surface area contributed by atoms with Crippen molar-refractivity contribution in [1.82, 2.24) is 4.31 Å². The van der Waals surface area contributed by atoms with Gasteiger partial charge in [0.05, 0.1) is 18.1 Å². The fourth-order valence-electron chi connectivity index (χ4n) is 3.03.